The van der Waals surface area contributed by atoms with Gasteiger partial charge in [-0.15, -0.1) is 0 Å². The maximum absolute atomic E-state index is 13.7. The molecular formula is C32H44O9. The zero-order valence-corrected chi connectivity index (χ0v) is 25.1. The van der Waals surface area contributed by atoms with E-state index in [1.807, 2.05) is 13.8 Å². The van der Waals surface area contributed by atoms with Crippen LogP contribution in [-0.4, -0.2) is 65.4 Å². The van der Waals surface area contributed by atoms with Crippen LogP contribution < -0.4 is 0 Å². The van der Waals surface area contributed by atoms with Gasteiger partial charge in [0.2, 0.25) is 0 Å². The average molecular weight is 573 g/mol. The van der Waals surface area contributed by atoms with Gasteiger partial charge in [0.1, 0.15) is 30.2 Å². The molecule has 0 amide bonds. The van der Waals surface area contributed by atoms with Crippen molar-refractivity contribution in [3.05, 3.63) is 11.1 Å². The molecule has 0 aromatic carbocycles. The third-order valence-corrected chi connectivity index (χ3v) is 12.6. The van der Waals surface area contributed by atoms with Crippen LogP contribution in [0.3, 0.4) is 0 Å². The van der Waals surface area contributed by atoms with E-state index >= 15 is 0 Å². The summed E-state index contributed by atoms with van der Waals surface area (Å²) in [6, 6.07) is 0. The summed E-state index contributed by atoms with van der Waals surface area (Å²) in [5, 5.41) is 12.2. The minimum absolute atomic E-state index is 0.00336. The van der Waals surface area contributed by atoms with Gasteiger partial charge in [-0.3, -0.25) is 14.4 Å². The van der Waals surface area contributed by atoms with Crippen LogP contribution in [-0.2, 0) is 38.1 Å². The summed E-state index contributed by atoms with van der Waals surface area (Å²) in [4.78, 5) is 49.9. The van der Waals surface area contributed by atoms with E-state index < -0.39 is 47.2 Å². The van der Waals surface area contributed by atoms with E-state index in [4.69, 9.17) is 18.9 Å². The minimum Gasteiger partial charge on any atom is -0.461 e. The Morgan fingerprint density at radius 1 is 1.07 bits per heavy atom. The van der Waals surface area contributed by atoms with Crippen molar-refractivity contribution < 1.29 is 43.2 Å². The molecule has 1 saturated heterocycles. The van der Waals surface area contributed by atoms with Crippen molar-refractivity contribution in [3.8, 4) is 0 Å². The number of hydrogen-bond donors (Lipinski definition) is 1. The van der Waals surface area contributed by atoms with Crippen LogP contribution in [0.25, 0.3) is 0 Å². The van der Waals surface area contributed by atoms with Gasteiger partial charge in [0, 0.05) is 26.7 Å². The SMILES string of the molecule is CC(=O)OCC1=C(C)C[C@H]([C@@H](C)[C@H]2CC[C@H]3[C@@H]4C[C@@H]5O[C@@H]6CC(=O)[C@](C)([C@H]4CC[C@]23C)[C@@]5(O)[C@H]6OC(C)=O)OC1=O. The zero-order chi connectivity index (χ0) is 29.6. The molecule has 0 unspecified atom stereocenters. The summed E-state index contributed by atoms with van der Waals surface area (Å²) in [5.41, 5.74) is -1.19. The quantitative estimate of drug-likeness (QED) is 0.388. The van der Waals surface area contributed by atoms with Gasteiger partial charge in [0.05, 0.1) is 17.1 Å². The highest BCUT2D eigenvalue weighted by molar-refractivity contribution is 5.91. The van der Waals surface area contributed by atoms with E-state index in [1.54, 1.807) is 0 Å². The Morgan fingerprint density at radius 2 is 1.80 bits per heavy atom. The van der Waals surface area contributed by atoms with Gasteiger partial charge in [0.25, 0.3) is 0 Å². The summed E-state index contributed by atoms with van der Waals surface area (Å²) < 4.78 is 23.0. The number of ketones is 1. The van der Waals surface area contributed by atoms with Crippen LogP contribution >= 0.6 is 0 Å². The van der Waals surface area contributed by atoms with Crippen molar-refractivity contribution in [1.29, 1.82) is 0 Å². The van der Waals surface area contributed by atoms with Crippen LogP contribution in [0.4, 0.5) is 0 Å². The number of cyclic esters (lactones) is 1. The van der Waals surface area contributed by atoms with Crippen LogP contribution in [0.15, 0.2) is 11.1 Å². The number of hydrogen-bond acceptors (Lipinski definition) is 9. The predicted molar refractivity (Wildman–Crippen MR) is 145 cm³/mol. The molecule has 9 heteroatoms. The van der Waals surface area contributed by atoms with Crippen LogP contribution in [0, 0.1) is 40.4 Å². The van der Waals surface area contributed by atoms with E-state index in [2.05, 4.69) is 13.8 Å². The van der Waals surface area contributed by atoms with Crippen molar-refractivity contribution in [2.45, 2.75) is 117 Å². The minimum atomic E-state index is -1.51. The van der Waals surface area contributed by atoms with Crippen molar-refractivity contribution >= 4 is 23.7 Å². The Balaban J connectivity index is 1.24. The molecule has 12 atom stereocenters. The predicted octanol–water partition coefficient (Wildman–Crippen LogP) is 3.69. The molecule has 2 heterocycles. The topological polar surface area (TPSA) is 125 Å². The number of ether oxygens (including phenoxy) is 4. The molecular weight excluding hydrogens is 528 g/mol. The Bertz CT molecular complexity index is 1210. The molecule has 4 aliphatic carbocycles. The maximum Gasteiger partial charge on any atom is 0.337 e. The van der Waals surface area contributed by atoms with E-state index in [0.717, 1.165) is 31.3 Å². The zero-order valence-electron chi connectivity index (χ0n) is 25.1. The molecule has 4 saturated carbocycles. The summed E-state index contributed by atoms with van der Waals surface area (Å²) in [7, 11) is 0. The number of rotatable bonds is 5. The number of carbonyl (C=O) groups excluding carboxylic acids is 4. The lowest BCUT2D eigenvalue weighted by Crippen LogP contribution is -2.73. The fourth-order valence-corrected chi connectivity index (χ4v) is 10.6. The fraction of sp³-hybridized carbons (Fsp3) is 0.812. The van der Waals surface area contributed by atoms with Gasteiger partial charge in [-0.25, -0.2) is 4.79 Å². The largest absolute Gasteiger partial charge is 0.461 e. The highest BCUT2D eigenvalue weighted by atomic mass is 16.6. The molecule has 9 nitrogen and oxygen atoms in total. The number of fused-ring (bicyclic) bond motifs is 5. The first-order chi connectivity index (χ1) is 19.2. The second kappa shape index (κ2) is 9.63. The van der Waals surface area contributed by atoms with Crippen molar-refractivity contribution in [1.82, 2.24) is 0 Å². The number of carbonyl (C=O) groups is 4. The van der Waals surface area contributed by atoms with Gasteiger partial charge < -0.3 is 24.1 Å². The number of aliphatic hydroxyl groups is 1. The Labute approximate surface area is 241 Å². The lowest BCUT2D eigenvalue weighted by atomic mass is 9.42. The highest BCUT2D eigenvalue weighted by Crippen LogP contribution is 2.70. The van der Waals surface area contributed by atoms with E-state index in [1.165, 1.54) is 13.8 Å². The molecule has 226 valence electrons. The van der Waals surface area contributed by atoms with Gasteiger partial charge >= 0.3 is 17.9 Å². The molecule has 0 radical (unpaired) electrons. The summed E-state index contributed by atoms with van der Waals surface area (Å²) in [6.07, 6.45) is 3.01. The third kappa shape index (κ3) is 3.93. The molecule has 0 spiro atoms. The normalized spacial score (nSPS) is 47.3. The second-order valence-electron chi connectivity index (χ2n) is 14.2. The maximum atomic E-state index is 13.7. The van der Waals surface area contributed by atoms with Crippen LogP contribution in [0.2, 0.25) is 0 Å². The summed E-state index contributed by atoms with van der Waals surface area (Å²) in [6.45, 7) is 11.0. The molecule has 2 bridgehead atoms. The lowest BCUT2D eigenvalue weighted by Gasteiger charge is -2.62. The van der Waals surface area contributed by atoms with Crippen LogP contribution in [0.5, 0.6) is 0 Å². The molecule has 6 aliphatic rings. The Morgan fingerprint density at radius 3 is 2.46 bits per heavy atom. The van der Waals surface area contributed by atoms with Gasteiger partial charge in [0.15, 0.2) is 6.10 Å². The molecule has 41 heavy (non-hydrogen) atoms. The molecule has 1 N–H and O–H groups in total. The Kier molecular flexibility index (Phi) is 6.77. The lowest BCUT2D eigenvalue weighted by molar-refractivity contribution is -0.238. The van der Waals surface area contributed by atoms with E-state index in [-0.39, 0.29) is 48.1 Å². The van der Waals surface area contributed by atoms with E-state index in [0.29, 0.717) is 30.3 Å². The van der Waals surface area contributed by atoms with Crippen molar-refractivity contribution in [2.24, 2.45) is 40.4 Å². The summed E-state index contributed by atoms with van der Waals surface area (Å²) >= 11 is 0. The first-order valence-corrected chi connectivity index (χ1v) is 15.3. The first-order valence-electron chi connectivity index (χ1n) is 15.3. The molecule has 2 aliphatic heterocycles. The number of Topliss-reactive ketones (excluding diaryl/α,β-unsaturated/α-hetero) is 1. The summed E-state index contributed by atoms with van der Waals surface area (Å²) in [5.74, 6) is -0.224. The molecule has 0 aromatic rings. The standard InChI is InChI=1S/C32H44O9/c1-15-11-24(41-29(36)20(15)14-38-17(3)33)16(2)21-7-8-22-19-12-27-32(37)28(39-18(4)34)25(40-27)13-26(35)31(32,6)23(19)9-10-30(21,22)5/h16,19,21-25,27-28,37H,7-14H2,1-6H3/t16-,19-,21+,22-,23-,24+,25+,27-,28-,30+,31-,32-/m0/s1. The van der Waals surface area contributed by atoms with Gasteiger partial charge in [-0.05, 0) is 81.0 Å². The smallest absolute Gasteiger partial charge is 0.337 e. The van der Waals surface area contributed by atoms with E-state index in [9.17, 15) is 24.3 Å². The Hall–Kier alpha value is -2.26. The molecule has 5 fully saturated rings. The van der Waals surface area contributed by atoms with Crippen LogP contribution in [0.1, 0.15) is 86.5 Å². The van der Waals surface area contributed by atoms with Crippen molar-refractivity contribution in [2.75, 3.05) is 6.61 Å². The molecule has 6 rings (SSSR count). The second-order valence-corrected chi connectivity index (χ2v) is 14.2. The highest BCUT2D eigenvalue weighted by Gasteiger charge is 2.78. The van der Waals surface area contributed by atoms with Gasteiger partial charge in [-0.1, -0.05) is 19.4 Å². The average Bonchev–Trinajstić information content (AvgIpc) is 3.36. The van der Waals surface area contributed by atoms with Crippen molar-refractivity contribution in [3.63, 3.8) is 0 Å². The monoisotopic (exact) mass is 572 g/mol. The number of esters is 3. The first kappa shape index (κ1) is 28.8. The third-order valence-electron chi connectivity index (χ3n) is 12.6. The fourth-order valence-electron chi connectivity index (χ4n) is 10.6. The van der Waals surface area contributed by atoms with Gasteiger partial charge in [-0.2, -0.15) is 0 Å². The molecule has 0 aromatic heterocycles.